The van der Waals surface area contributed by atoms with Gasteiger partial charge in [-0.2, -0.15) is 0 Å². The number of aryl methyl sites for hydroxylation is 1. The Bertz CT molecular complexity index is 566. The molecule has 0 N–H and O–H groups in total. The van der Waals surface area contributed by atoms with Crippen molar-refractivity contribution >= 4 is 22.6 Å². The van der Waals surface area contributed by atoms with Gasteiger partial charge in [0, 0.05) is 6.54 Å². The summed E-state index contributed by atoms with van der Waals surface area (Å²) in [6, 6.07) is 2.59. The molecule has 1 heterocycles. The fourth-order valence-electron chi connectivity index (χ4n) is 2.24. The topological polar surface area (TPSA) is 17.8 Å². The number of alkyl halides is 1. The van der Waals surface area contributed by atoms with Crippen molar-refractivity contribution in [2.24, 2.45) is 0 Å². The maximum Gasteiger partial charge on any atom is 0.184 e. The number of benzene rings is 1. The number of unbranched alkanes of at least 4 members (excludes halogenated alkanes) is 3. The lowest BCUT2D eigenvalue weighted by Gasteiger charge is -2.08. The van der Waals surface area contributed by atoms with E-state index in [1.807, 2.05) is 0 Å². The summed E-state index contributed by atoms with van der Waals surface area (Å²) in [6.45, 7) is 2.75. The number of hydrogen-bond donors (Lipinski definition) is 0. The molecule has 0 saturated heterocycles. The standard InChI is InChI=1S/C14H17ClF2N2/c1-2-3-4-5-8-19-12(9-15)18-11-7-6-10(16)13(17)14(11)19/h6-7H,2-5,8-9H2,1H3. The SMILES string of the molecule is CCCCCCn1c(CCl)nc2ccc(F)c(F)c21. The summed E-state index contributed by atoms with van der Waals surface area (Å²) in [7, 11) is 0. The summed E-state index contributed by atoms with van der Waals surface area (Å²) in [5.41, 5.74) is 0.692. The molecule has 0 atom stereocenters. The van der Waals surface area contributed by atoms with Crippen molar-refractivity contribution in [3.05, 3.63) is 29.6 Å². The Morgan fingerprint density at radius 1 is 1.21 bits per heavy atom. The molecular weight excluding hydrogens is 270 g/mol. The molecule has 0 radical (unpaired) electrons. The molecule has 0 aliphatic heterocycles. The number of nitrogens with zero attached hydrogens (tertiary/aromatic N) is 2. The lowest BCUT2D eigenvalue weighted by atomic mass is 10.2. The second-order valence-corrected chi connectivity index (χ2v) is 4.87. The number of imidazole rings is 1. The third-order valence-corrected chi connectivity index (χ3v) is 3.47. The molecule has 0 fully saturated rings. The van der Waals surface area contributed by atoms with Crippen molar-refractivity contribution in [1.82, 2.24) is 9.55 Å². The van der Waals surface area contributed by atoms with Crippen LogP contribution < -0.4 is 0 Å². The predicted molar refractivity (Wildman–Crippen MR) is 73.3 cm³/mol. The van der Waals surface area contributed by atoms with E-state index < -0.39 is 11.6 Å². The average Bonchev–Trinajstić information content (AvgIpc) is 2.78. The van der Waals surface area contributed by atoms with Gasteiger partial charge in [0.1, 0.15) is 11.3 Å². The quantitative estimate of drug-likeness (QED) is 0.559. The van der Waals surface area contributed by atoms with Gasteiger partial charge in [-0.25, -0.2) is 13.8 Å². The van der Waals surface area contributed by atoms with E-state index in [1.54, 1.807) is 4.57 Å². The van der Waals surface area contributed by atoms with Crippen LogP contribution in [0.25, 0.3) is 11.0 Å². The van der Waals surface area contributed by atoms with Crippen molar-refractivity contribution in [1.29, 1.82) is 0 Å². The Labute approximate surface area is 116 Å². The predicted octanol–water partition coefficient (Wildman–Crippen LogP) is 4.63. The van der Waals surface area contributed by atoms with Gasteiger partial charge in [-0.15, -0.1) is 11.6 Å². The van der Waals surface area contributed by atoms with Gasteiger partial charge in [-0.3, -0.25) is 0 Å². The van der Waals surface area contributed by atoms with Gasteiger partial charge >= 0.3 is 0 Å². The Balaban J connectivity index is 2.36. The van der Waals surface area contributed by atoms with Crippen LogP contribution in [0.4, 0.5) is 8.78 Å². The first-order chi connectivity index (χ1) is 9.19. The molecule has 0 unspecified atom stereocenters. The van der Waals surface area contributed by atoms with Crippen LogP contribution in [-0.2, 0) is 12.4 Å². The van der Waals surface area contributed by atoms with E-state index in [2.05, 4.69) is 11.9 Å². The molecule has 104 valence electrons. The van der Waals surface area contributed by atoms with Crippen LogP contribution in [0.2, 0.25) is 0 Å². The summed E-state index contributed by atoms with van der Waals surface area (Å²) in [5, 5.41) is 0. The van der Waals surface area contributed by atoms with E-state index in [4.69, 9.17) is 11.6 Å². The Kier molecular flexibility index (Phi) is 4.75. The Morgan fingerprint density at radius 2 is 2.00 bits per heavy atom. The molecule has 2 aromatic rings. The molecule has 0 saturated carbocycles. The molecule has 0 spiro atoms. The minimum atomic E-state index is -0.844. The van der Waals surface area contributed by atoms with E-state index >= 15 is 0 Å². The number of fused-ring (bicyclic) bond motifs is 1. The lowest BCUT2D eigenvalue weighted by Crippen LogP contribution is -2.04. The normalized spacial score (nSPS) is 11.4. The fraction of sp³-hybridized carbons (Fsp3) is 0.500. The molecule has 0 aliphatic carbocycles. The van der Waals surface area contributed by atoms with Crippen LogP contribution in [-0.4, -0.2) is 9.55 Å². The van der Waals surface area contributed by atoms with Crippen molar-refractivity contribution in [3.8, 4) is 0 Å². The van der Waals surface area contributed by atoms with Gasteiger partial charge in [0.15, 0.2) is 11.6 Å². The zero-order chi connectivity index (χ0) is 13.8. The van der Waals surface area contributed by atoms with Gasteiger partial charge in [-0.1, -0.05) is 26.2 Å². The summed E-state index contributed by atoms with van der Waals surface area (Å²) < 4.78 is 28.9. The van der Waals surface area contributed by atoms with E-state index in [0.717, 1.165) is 31.7 Å². The minimum absolute atomic E-state index is 0.198. The summed E-state index contributed by atoms with van der Waals surface area (Å²) in [4.78, 5) is 4.26. The fourth-order valence-corrected chi connectivity index (χ4v) is 2.45. The molecular formula is C14H17ClF2N2. The third kappa shape index (κ3) is 2.89. The summed E-state index contributed by atoms with van der Waals surface area (Å²) in [5.74, 6) is -0.887. The van der Waals surface area contributed by atoms with Crippen molar-refractivity contribution < 1.29 is 8.78 Å². The van der Waals surface area contributed by atoms with E-state index in [9.17, 15) is 8.78 Å². The highest BCUT2D eigenvalue weighted by atomic mass is 35.5. The van der Waals surface area contributed by atoms with Gasteiger partial charge in [0.2, 0.25) is 0 Å². The van der Waals surface area contributed by atoms with E-state index in [0.29, 0.717) is 17.9 Å². The highest BCUT2D eigenvalue weighted by Crippen LogP contribution is 2.23. The van der Waals surface area contributed by atoms with Crippen molar-refractivity contribution in [2.75, 3.05) is 0 Å². The first kappa shape index (κ1) is 14.3. The monoisotopic (exact) mass is 286 g/mol. The second kappa shape index (κ2) is 6.33. The van der Waals surface area contributed by atoms with Crippen LogP contribution >= 0.6 is 11.6 Å². The third-order valence-electron chi connectivity index (χ3n) is 3.23. The number of rotatable bonds is 6. The van der Waals surface area contributed by atoms with Crippen molar-refractivity contribution in [3.63, 3.8) is 0 Å². The number of aromatic nitrogens is 2. The first-order valence-electron chi connectivity index (χ1n) is 6.58. The summed E-state index contributed by atoms with van der Waals surface area (Å²) >= 11 is 5.84. The highest BCUT2D eigenvalue weighted by molar-refractivity contribution is 6.16. The maximum atomic E-state index is 13.9. The summed E-state index contributed by atoms with van der Waals surface area (Å²) in [6.07, 6.45) is 4.25. The zero-order valence-corrected chi connectivity index (χ0v) is 11.7. The Hall–Kier alpha value is -1.16. The zero-order valence-electron chi connectivity index (χ0n) is 10.9. The first-order valence-corrected chi connectivity index (χ1v) is 7.11. The number of halogens is 3. The maximum absolute atomic E-state index is 13.9. The second-order valence-electron chi connectivity index (χ2n) is 4.60. The lowest BCUT2D eigenvalue weighted by molar-refractivity contribution is 0.507. The van der Waals surface area contributed by atoms with E-state index in [-0.39, 0.29) is 11.4 Å². The molecule has 19 heavy (non-hydrogen) atoms. The number of hydrogen-bond acceptors (Lipinski definition) is 1. The van der Waals surface area contributed by atoms with Crippen LogP contribution in [0.5, 0.6) is 0 Å². The van der Waals surface area contributed by atoms with Gasteiger partial charge in [-0.05, 0) is 18.6 Å². The van der Waals surface area contributed by atoms with Gasteiger partial charge < -0.3 is 4.57 Å². The van der Waals surface area contributed by atoms with Crippen molar-refractivity contribution in [2.45, 2.75) is 45.0 Å². The molecule has 1 aromatic heterocycles. The van der Waals surface area contributed by atoms with Crippen LogP contribution in [0, 0.1) is 11.6 Å². The molecule has 2 rings (SSSR count). The largest absolute Gasteiger partial charge is 0.324 e. The molecule has 1 aromatic carbocycles. The molecule has 2 nitrogen and oxygen atoms in total. The molecule has 0 aliphatic rings. The van der Waals surface area contributed by atoms with Gasteiger partial charge in [0.25, 0.3) is 0 Å². The molecule has 5 heteroatoms. The smallest absolute Gasteiger partial charge is 0.184 e. The Morgan fingerprint density at radius 3 is 2.68 bits per heavy atom. The van der Waals surface area contributed by atoms with E-state index in [1.165, 1.54) is 6.07 Å². The van der Waals surface area contributed by atoms with Crippen LogP contribution in [0.3, 0.4) is 0 Å². The highest BCUT2D eigenvalue weighted by Gasteiger charge is 2.16. The van der Waals surface area contributed by atoms with Gasteiger partial charge in [0.05, 0.1) is 11.4 Å². The molecule has 0 bridgehead atoms. The average molecular weight is 287 g/mol. The van der Waals surface area contributed by atoms with Crippen LogP contribution in [0.15, 0.2) is 12.1 Å². The van der Waals surface area contributed by atoms with Crippen LogP contribution in [0.1, 0.15) is 38.4 Å². The molecule has 0 amide bonds. The minimum Gasteiger partial charge on any atom is -0.324 e.